The molecule has 1 aliphatic rings. The third kappa shape index (κ3) is 5.43. The normalized spacial score (nSPS) is 15.1. The Bertz CT molecular complexity index is 1060. The van der Waals surface area contributed by atoms with Crippen molar-refractivity contribution in [3.63, 3.8) is 0 Å². The molecule has 0 spiro atoms. The molecule has 0 bridgehead atoms. The highest BCUT2D eigenvalue weighted by Gasteiger charge is 2.31. The Morgan fingerprint density at radius 2 is 2.03 bits per heavy atom. The average Bonchev–Trinajstić information content (AvgIpc) is 3.15. The minimum atomic E-state index is -4.81. The topological polar surface area (TPSA) is 92.6 Å². The summed E-state index contributed by atoms with van der Waals surface area (Å²) in [7, 11) is 0. The molecular formula is C20H21F3N6O2. The fourth-order valence-corrected chi connectivity index (χ4v) is 3.42. The maximum atomic E-state index is 12.7. The number of carbonyl (C=O) groups excluding carboxylic acids is 1. The quantitative estimate of drug-likeness (QED) is 0.552. The van der Waals surface area contributed by atoms with Crippen LogP contribution in [0.5, 0.6) is 5.75 Å². The lowest BCUT2D eigenvalue weighted by Crippen LogP contribution is -2.31. The predicted octanol–water partition coefficient (Wildman–Crippen LogP) is 3.29. The number of nitrogens with one attached hydrogen (secondary N) is 3. The van der Waals surface area contributed by atoms with Crippen LogP contribution >= 0.6 is 0 Å². The Kier molecular flexibility index (Phi) is 5.94. The van der Waals surface area contributed by atoms with Gasteiger partial charge in [-0.1, -0.05) is 6.07 Å². The van der Waals surface area contributed by atoms with Crippen molar-refractivity contribution in [1.82, 2.24) is 19.9 Å². The second-order valence-corrected chi connectivity index (χ2v) is 7.24. The standard InChI is InChI=1S/C20H21F3N6O2/c21-20(22,23)31-15-3-1-2-14(10-15)27-19(30)16-12-26-18-5-4-17(28-29(16)18)25-11-13-6-8-24-9-7-13/h1-5,10,12-13,24H,6-9,11H2,(H,25,28)(H,27,30). The molecular weight excluding hydrogens is 413 g/mol. The number of halogens is 3. The number of amides is 1. The molecule has 8 nitrogen and oxygen atoms in total. The van der Waals surface area contributed by atoms with E-state index in [2.05, 4.69) is 30.8 Å². The van der Waals surface area contributed by atoms with Crippen molar-refractivity contribution < 1.29 is 22.7 Å². The van der Waals surface area contributed by atoms with Gasteiger partial charge in [-0.15, -0.1) is 18.3 Å². The zero-order chi connectivity index (χ0) is 21.8. The van der Waals surface area contributed by atoms with E-state index in [4.69, 9.17) is 0 Å². The average molecular weight is 434 g/mol. The fraction of sp³-hybridized carbons (Fsp3) is 0.350. The summed E-state index contributed by atoms with van der Waals surface area (Å²) in [5.41, 5.74) is 0.788. The Morgan fingerprint density at radius 1 is 1.23 bits per heavy atom. The van der Waals surface area contributed by atoms with Crippen LogP contribution in [0.25, 0.3) is 5.65 Å². The van der Waals surface area contributed by atoms with Gasteiger partial charge in [0.25, 0.3) is 5.91 Å². The SMILES string of the molecule is O=C(Nc1cccc(OC(F)(F)F)c1)c1cnc2ccc(NCC3CCNCC3)nn12. The van der Waals surface area contributed by atoms with E-state index < -0.39 is 18.0 Å². The lowest BCUT2D eigenvalue weighted by Gasteiger charge is -2.22. The van der Waals surface area contributed by atoms with Crippen LogP contribution in [0.2, 0.25) is 0 Å². The van der Waals surface area contributed by atoms with Gasteiger partial charge in [-0.05, 0) is 56.1 Å². The van der Waals surface area contributed by atoms with Gasteiger partial charge in [-0.2, -0.15) is 0 Å². The van der Waals surface area contributed by atoms with Crippen LogP contribution in [0, 0.1) is 5.92 Å². The molecule has 0 aliphatic carbocycles. The van der Waals surface area contributed by atoms with Gasteiger partial charge < -0.3 is 20.7 Å². The van der Waals surface area contributed by atoms with E-state index in [-0.39, 0.29) is 11.4 Å². The third-order valence-corrected chi connectivity index (χ3v) is 4.95. The van der Waals surface area contributed by atoms with Gasteiger partial charge in [-0.25, -0.2) is 9.50 Å². The van der Waals surface area contributed by atoms with E-state index in [9.17, 15) is 18.0 Å². The summed E-state index contributed by atoms with van der Waals surface area (Å²) in [6.07, 6.45) is -1.27. The molecule has 11 heteroatoms. The molecule has 2 aromatic heterocycles. The first-order valence-electron chi connectivity index (χ1n) is 9.84. The smallest absolute Gasteiger partial charge is 0.406 e. The van der Waals surface area contributed by atoms with Crippen LogP contribution in [0.1, 0.15) is 23.3 Å². The van der Waals surface area contributed by atoms with E-state index >= 15 is 0 Å². The van der Waals surface area contributed by atoms with Gasteiger partial charge in [0, 0.05) is 18.3 Å². The largest absolute Gasteiger partial charge is 0.573 e. The van der Waals surface area contributed by atoms with E-state index in [1.807, 2.05) is 0 Å². The zero-order valence-corrected chi connectivity index (χ0v) is 16.4. The van der Waals surface area contributed by atoms with Crippen molar-refractivity contribution in [2.45, 2.75) is 19.2 Å². The van der Waals surface area contributed by atoms with Gasteiger partial charge in [0.1, 0.15) is 11.6 Å². The number of ether oxygens (including phenoxy) is 1. The van der Waals surface area contributed by atoms with Crippen molar-refractivity contribution in [1.29, 1.82) is 0 Å². The Hall–Kier alpha value is -3.34. The molecule has 3 heterocycles. The van der Waals surface area contributed by atoms with Crippen LogP contribution in [-0.2, 0) is 0 Å². The van der Waals surface area contributed by atoms with Gasteiger partial charge in [0.2, 0.25) is 0 Å². The number of hydrogen-bond donors (Lipinski definition) is 3. The summed E-state index contributed by atoms with van der Waals surface area (Å²) >= 11 is 0. The number of carbonyl (C=O) groups is 1. The third-order valence-electron chi connectivity index (χ3n) is 4.95. The molecule has 4 rings (SSSR count). The first-order chi connectivity index (χ1) is 14.9. The van der Waals surface area contributed by atoms with Crippen molar-refractivity contribution in [2.24, 2.45) is 5.92 Å². The molecule has 164 valence electrons. The summed E-state index contributed by atoms with van der Waals surface area (Å²) in [5.74, 6) is 0.180. The highest BCUT2D eigenvalue weighted by atomic mass is 19.4. The lowest BCUT2D eigenvalue weighted by atomic mass is 9.98. The summed E-state index contributed by atoms with van der Waals surface area (Å²) in [6.45, 7) is 2.78. The van der Waals surface area contributed by atoms with Crippen LogP contribution in [0.15, 0.2) is 42.6 Å². The maximum absolute atomic E-state index is 12.7. The molecule has 3 N–H and O–H groups in total. The second-order valence-electron chi connectivity index (χ2n) is 7.24. The molecule has 1 fully saturated rings. The van der Waals surface area contributed by atoms with Crippen molar-refractivity contribution in [3.8, 4) is 5.75 Å². The molecule has 3 aromatic rings. The number of benzene rings is 1. The lowest BCUT2D eigenvalue weighted by molar-refractivity contribution is -0.274. The van der Waals surface area contributed by atoms with Crippen LogP contribution in [0.4, 0.5) is 24.7 Å². The van der Waals surface area contributed by atoms with Crippen LogP contribution < -0.4 is 20.7 Å². The Labute approximate surface area is 175 Å². The van der Waals surface area contributed by atoms with Crippen LogP contribution in [-0.4, -0.2) is 46.5 Å². The molecule has 0 atom stereocenters. The van der Waals surface area contributed by atoms with Crippen molar-refractivity contribution in [3.05, 3.63) is 48.3 Å². The summed E-state index contributed by atoms with van der Waals surface area (Å²) in [5, 5.41) is 13.6. The summed E-state index contributed by atoms with van der Waals surface area (Å²) in [4.78, 5) is 16.9. The molecule has 1 aliphatic heterocycles. The minimum Gasteiger partial charge on any atom is -0.406 e. The first kappa shape index (κ1) is 20.9. The fourth-order valence-electron chi connectivity index (χ4n) is 3.42. The van der Waals surface area contributed by atoms with Gasteiger partial charge >= 0.3 is 6.36 Å². The van der Waals surface area contributed by atoms with Crippen molar-refractivity contribution in [2.75, 3.05) is 30.3 Å². The van der Waals surface area contributed by atoms with Gasteiger partial charge in [0.15, 0.2) is 11.3 Å². The predicted molar refractivity (Wildman–Crippen MR) is 108 cm³/mol. The summed E-state index contributed by atoms with van der Waals surface area (Å²) in [6, 6.07) is 8.60. The molecule has 0 unspecified atom stereocenters. The summed E-state index contributed by atoms with van der Waals surface area (Å²) < 4.78 is 42.5. The molecule has 0 radical (unpaired) electrons. The van der Waals surface area contributed by atoms with Gasteiger partial charge in [0.05, 0.1) is 6.20 Å². The number of anilines is 2. The number of hydrogen-bond acceptors (Lipinski definition) is 6. The number of alkyl halides is 3. The Balaban J connectivity index is 1.47. The Morgan fingerprint density at radius 3 is 2.81 bits per heavy atom. The molecule has 0 saturated carbocycles. The highest BCUT2D eigenvalue weighted by Crippen LogP contribution is 2.25. The molecule has 31 heavy (non-hydrogen) atoms. The number of fused-ring (bicyclic) bond motifs is 1. The monoisotopic (exact) mass is 434 g/mol. The van der Waals surface area contributed by atoms with Gasteiger partial charge in [-0.3, -0.25) is 4.79 Å². The van der Waals surface area contributed by atoms with Crippen molar-refractivity contribution >= 4 is 23.1 Å². The first-order valence-corrected chi connectivity index (χ1v) is 9.84. The number of rotatable bonds is 6. The van der Waals surface area contributed by atoms with E-state index in [1.165, 1.54) is 22.8 Å². The van der Waals surface area contributed by atoms with E-state index in [1.54, 1.807) is 12.1 Å². The number of aromatic nitrogens is 3. The second kappa shape index (κ2) is 8.80. The zero-order valence-electron chi connectivity index (χ0n) is 16.4. The number of imidazole rings is 1. The molecule has 1 saturated heterocycles. The minimum absolute atomic E-state index is 0.155. The number of piperidine rings is 1. The molecule has 1 amide bonds. The molecule has 1 aromatic carbocycles. The van der Waals surface area contributed by atoms with E-state index in [0.717, 1.165) is 44.6 Å². The van der Waals surface area contributed by atoms with E-state index in [0.29, 0.717) is 17.4 Å². The highest BCUT2D eigenvalue weighted by molar-refractivity contribution is 6.03. The maximum Gasteiger partial charge on any atom is 0.573 e. The number of nitrogens with zero attached hydrogens (tertiary/aromatic N) is 3. The van der Waals surface area contributed by atoms with Crippen LogP contribution in [0.3, 0.4) is 0 Å².